The van der Waals surface area contributed by atoms with Gasteiger partial charge in [0.25, 0.3) is 5.91 Å². The summed E-state index contributed by atoms with van der Waals surface area (Å²) in [5.74, 6) is -0.478. The van der Waals surface area contributed by atoms with Crippen LogP contribution < -0.4 is 15.4 Å². The van der Waals surface area contributed by atoms with Crippen LogP contribution >= 0.6 is 0 Å². The number of ether oxygens (including phenoxy) is 3. The second-order valence-electron chi connectivity index (χ2n) is 5.23. The topological polar surface area (TPSA) is 103 Å². The van der Waals surface area contributed by atoms with Gasteiger partial charge < -0.3 is 19.5 Å². The highest BCUT2D eigenvalue weighted by atomic mass is 16.5. The van der Waals surface area contributed by atoms with E-state index in [9.17, 15) is 14.4 Å². The van der Waals surface area contributed by atoms with Crippen LogP contribution in [0.2, 0.25) is 0 Å². The van der Waals surface area contributed by atoms with E-state index in [2.05, 4.69) is 5.32 Å². The number of hydrogen-bond donors (Lipinski definition) is 2. The molecule has 0 fully saturated rings. The van der Waals surface area contributed by atoms with Gasteiger partial charge in [0.2, 0.25) is 0 Å². The summed E-state index contributed by atoms with van der Waals surface area (Å²) < 4.78 is 15.1. The number of benzene rings is 1. The average Bonchev–Trinajstić information content (AvgIpc) is 2.57. The van der Waals surface area contributed by atoms with Gasteiger partial charge in [-0.25, -0.2) is 4.79 Å². The number of amides is 3. The number of imide groups is 1. The molecule has 0 aliphatic carbocycles. The normalized spacial score (nSPS) is 10.0. The van der Waals surface area contributed by atoms with Gasteiger partial charge in [-0.15, -0.1) is 0 Å². The molecule has 0 aromatic heterocycles. The van der Waals surface area contributed by atoms with Crippen LogP contribution in [0.5, 0.6) is 5.75 Å². The summed E-state index contributed by atoms with van der Waals surface area (Å²) in [7, 11) is 1.50. The van der Waals surface area contributed by atoms with Crippen LogP contribution in [0.25, 0.3) is 0 Å². The van der Waals surface area contributed by atoms with E-state index < -0.39 is 24.5 Å². The minimum Gasteiger partial charge on any atom is -0.494 e. The van der Waals surface area contributed by atoms with Crippen molar-refractivity contribution in [3.63, 3.8) is 0 Å². The van der Waals surface area contributed by atoms with Crippen molar-refractivity contribution in [3.8, 4) is 5.75 Å². The molecule has 0 radical (unpaired) electrons. The molecule has 0 saturated heterocycles. The summed E-state index contributed by atoms with van der Waals surface area (Å²) in [4.78, 5) is 34.3. The van der Waals surface area contributed by atoms with E-state index in [-0.39, 0.29) is 13.0 Å². The standard InChI is InChI=1S/C17H24N2O6/c1-13-5-3-6-14(11-13)24-9-4-7-16(21)25-12-15(20)19-17(22)18-8-10-23-2/h3,5-6,11H,4,7-10,12H2,1-2H3,(H2,18,19,20,22). The highest BCUT2D eigenvalue weighted by Gasteiger charge is 2.10. The van der Waals surface area contributed by atoms with Gasteiger partial charge in [0.1, 0.15) is 5.75 Å². The van der Waals surface area contributed by atoms with Crippen molar-refractivity contribution < 1.29 is 28.6 Å². The molecule has 0 saturated carbocycles. The van der Waals surface area contributed by atoms with E-state index in [1.54, 1.807) is 0 Å². The van der Waals surface area contributed by atoms with Gasteiger partial charge in [0.05, 0.1) is 13.2 Å². The molecule has 0 aliphatic rings. The zero-order valence-corrected chi connectivity index (χ0v) is 14.5. The van der Waals surface area contributed by atoms with E-state index >= 15 is 0 Å². The molecule has 1 rings (SSSR count). The van der Waals surface area contributed by atoms with Gasteiger partial charge >= 0.3 is 12.0 Å². The van der Waals surface area contributed by atoms with Crippen LogP contribution in [0.3, 0.4) is 0 Å². The Bertz CT molecular complexity index is 576. The molecule has 2 N–H and O–H groups in total. The maximum atomic E-state index is 11.5. The van der Waals surface area contributed by atoms with Crippen LogP contribution in [-0.4, -0.2) is 51.4 Å². The number of nitrogens with one attached hydrogen (secondary N) is 2. The molecular formula is C17H24N2O6. The number of esters is 1. The lowest BCUT2D eigenvalue weighted by molar-refractivity contribution is -0.148. The third-order valence-corrected chi connectivity index (χ3v) is 2.99. The Morgan fingerprint density at radius 1 is 1.16 bits per heavy atom. The summed E-state index contributed by atoms with van der Waals surface area (Å²) in [5, 5.41) is 4.45. The fraction of sp³-hybridized carbons (Fsp3) is 0.471. The van der Waals surface area contributed by atoms with Crippen molar-refractivity contribution in [1.29, 1.82) is 0 Å². The monoisotopic (exact) mass is 352 g/mol. The second-order valence-corrected chi connectivity index (χ2v) is 5.23. The number of carbonyl (C=O) groups excluding carboxylic acids is 3. The fourth-order valence-corrected chi connectivity index (χ4v) is 1.80. The number of urea groups is 1. The third kappa shape index (κ3) is 9.98. The lowest BCUT2D eigenvalue weighted by Gasteiger charge is -2.08. The Morgan fingerprint density at radius 3 is 2.68 bits per heavy atom. The van der Waals surface area contributed by atoms with Gasteiger partial charge in [-0.2, -0.15) is 0 Å². The summed E-state index contributed by atoms with van der Waals surface area (Å²) in [6.07, 6.45) is 0.588. The zero-order valence-electron chi connectivity index (χ0n) is 14.5. The predicted octanol–water partition coefficient (Wildman–Crippen LogP) is 1.17. The second kappa shape index (κ2) is 11.9. The minimum atomic E-state index is -0.695. The number of rotatable bonds is 10. The smallest absolute Gasteiger partial charge is 0.321 e. The van der Waals surface area contributed by atoms with Crippen LogP contribution in [0.4, 0.5) is 4.79 Å². The lowest BCUT2D eigenvalue weighted by atomic mass is 10.2. The van der Waals surface area contributed by atoms with E-state index in [0.29, 0.717) is 19.6 Å². The molecule has 0 bridgehead atoms. The van der Waals surface area contributed by atoms with E-state index in [0.717, 1.165) is 11.3 Å². The summed E-state index contributed by atoms with van der Waals surface area (Å²) in [5.41, 5.74) is 1.09. The Balaban J connectivity index is 2.09. The first kappa shape index (κ1) is 20.4. The third-order valence-electron chi connectivity index (χ3n) is 2.99. The molecule has 1 aromatic carbocycles. The Labute approximate surface area is 146 Å². The average molecular weight is 352 g/mol. The first-order chi connectivity index (χ1) is 12.0. The maximum absolute atomic E-state index is 11.5. The molecule has 0 atom stereocenters. The lowest BCUT2D eigenvalue weighted by Crippen LogP contribution is -2.42. The summed E-state index contributed by atoms with van der Waals surface area (Å²) in [6, 6.07) is 6.94. The van der Waals surface area contributed by atoms with Crippen LogP contribution in [0.1, 0.15) is 18.4 Å². The van der Waals surface area contributed by atoms with Crippen molar-refractivity contribution >= 4 is 17.9 Å². The molecule has 8 nitrogen and oxygen atoms in total. The molecule has 0 heterocycles. The molecule has 1 aromatic rings. The SMILES string of the molecule is COCCNC(=O)NC(=O)COC(=O)CCCOc1cccc(C)c1. The molecular weight excluding hydrogens is 328 g/mol. The first-order valence-corrected chi connectivity index (χ1v) is 7.93. The van der Waals surface area contributed by atoms with E-state index in [4.69, 9.17) is 14.2 Å². The Morgan fingerprint density at radius 2 is 1.96 bits per heavy atom. The van der Waals surface area contributed by atoms with Crippen LogP contribution in [0.15, 0.2) is 24.3 Å². The minimum absolute atomic E-state index is 0.124. The summed E-state index contributed by atoms with van der Waals surface area (Å²) >= 11 is 0. The molecule has 3 amide bonds. The number of carbonyl (C=O) groups is 3. The Hall–Kier alpha value is -2.61. The van der Waals surface area contributed by atoms with Gasteiger partial charge in [-0.3, -0.25) is 14.9 Å². The molecule has 0 aliphatic heterocycles. The van der Waals surface area contributed by atoms with Crippen molar-refractivity contribution in [3.05, 3.63) is 29.8 Å². The van der Waals surface area contributed by atoms with E-state index in [1.165, 1.54) is 7.11 Å². The first-order valence-electron chi connectivity index (χ1n) is 7.93. The number of hydrogen-bond acceptors (Lipinski definition) is 6. The van der Waals surface area contributed by atoms with Crippen molar-refractivity contribution in [2.75, 3.05) is 33.5 Å². The van der Waals surface area contributed by atoms with E-state index in [1.807, 2.05) is 36.5 Å². The predicted molar refractivity (Wildman–Crippen MR) is 90.3 cm³/mol. The van der Waals surface area contributed by atoms with Crippen molar-refractivity contribution in [2.45, 2.75) is 19.8 Å². The fourth-order valence-electron chi connectivity index (χ4n) is 1.80. The van der Waals surface area contributed by atoms with Gasteiger partial charge in [0, 0.05) is 20.1 Å². The van der Waals surface area contributed by atoms with Gasteiger partial charge in [0.15, 0.2) is 6.61 Å². The highest BCUT2D eigenvalue weighted by molar-refractivity contribution is 5.95. The van der Waals surface area contributed by atoms with Crippen molar-refractivity contribution in [2.24, 2.45) is 0 Å². The number of aryl methyl sites for hydroxylation is 1. The largest absolute Gasteiger partial charge is 0.494 e. The maximum Gasteiger partial charge on any atom is 0.321 e. The molecule has 0 spiro atoms. The number of methoxy groups -OCH3 is 1. The Kier molecular flexibility index (Phi) is 9.69. The van der Waals surface area contributed by atoms with Crippen molar-refractivity contribution in [1.82, 2.24) is 10.6 Å². The van der Waals surface area contributed by atoms with Gasteiger partial charge in [-0.1, -0.05) is 12.1 Å². The summed E-state index contributed by atoms with van der Waals surface area (Å²) in [6.45, 7) is 2.44. The quantitative estimate of drug-likeness (QED) is 0.484. The molecule has 25 heavy (non-hydrogen) atoms. The van der Waals surface area contributed by atoms with Crippen LogP contribution in [0, 0.1) is 6.92 Å². The molecule has 0 unspecified atom stereocenters. The molecule has 138 valence electrons. The zero-order chi connectivity index (χ0) is 18.5. The van der Waals surface area contributed by atoms with Gasteiger partial charge in [-0.05, 0) is 31.0 Å². The molecule has 8 heteroatoms. The highest BCUT2D eigenvalue weighted by Crippen LogP contribution is 2.12. The van der Waals surface area contributed by atoms with Crippen LogP contribution in [-0.2, 0) is 19.1 Å².